The quantitative estimate of drug-likeness (QED) is 0.773. The average molecular weight is 212 g/mol. The normalized spacial score (nSPS) is 25.5. The van der Waals surface area contributed by atoms with Crippen LogP contribution < -0.4 is 5.32 Å². The average Bonchev–Trinajstić information content (AvgIpc) is 2.62. The zero-order valence-corrected chi connectivity index (χ0v) is 8.46. The van der Waals surface area contributed by atoms with E-state index in [2.05, 4.69) is 10.3 Å². The predicted octanol–water partition coefficient (Wildman–Crippen LogP) is 0.644. The molecule has 14 heavy (non-hydrogen) atoms. The number of carbonyl (C=O) groups is 1. The van der Waals surface area contributed by atoms with Crippen LogP contribution in [0.4, 0.5) is 0 Å². The Hall–Kier alpha value is -0.940. The minimum Gasteiger partial charge on any atom is -0.393 e. The third kappa shape index (κ3) is 2.10. The van der Waals surface area contributed by atoms with Crippen molar-refractivity contribution < 1.29 is 9.90 Å². The molecule has 0 saturated heterocycles. The van der Waals surface area contributed by atoms with Crippen molar-refractivity contribution in [2.45, 2.75) is 18.9 Å². The minimum absolute atomic E-state index is 0.0612. The van der Waals surface area contributed by atoms with Crippen LogP contribution in [0.2, 0.25) is 0 Å². The molecule has 0 radical (unpaired) electrons. The van der Waals surface area contributed by atoms with Gasteiger partial charge in [-0.2, -0.15) is 0 Å². The molecule has 0 aliphatic heterocycles. The van der Waals surface area contributed by atoms with E-state index in [4.69, 9.17) is 5.11 Å². The summed E-state index contributed by atoms with van der Waals surface area (Å²) in [5.74, 6) is 0.385. The fourth-order valence-corrected chi connectivity index (χ4v) is 2.06. The van der Waals surface area contributed by atoms with Crippen molar-refractivity contribution in [1.82, 2.24) is 10.3 Å². The van der Waals surface area contributed by atoms with Gasteiger partial charge in [-0.3, -0.25) is 9.78 Å². The van der Waals surface area contributed by atoms with Gasteiger partial charge in [-0.05, 0) is 18.8 Å². The SMILES string of the molecule is O=C(NCC1CC(O)C1)c1cncs1. The van der Waals surface area contributed by atoms with Crippen LogP contribution >= 0.6 is 11.3 Å². The summed E-state index contributed by atoms with van der Waals surface area (Å²) in [6.07, 6.45) is 3.03. The smallest absolute Gasteiger partial charge is 0.263 e. The number of hydrogen-bond donors (Lipinski definition) is 2. The van der Waals surface area contributed by atoms with E-state index in [0.29, 0.717) is 17.3 Å². The summed E-state index contributed by atoms with van der Waals surface area (Å²) >= 11 is 1.34. The number of rotatable bonds is 3. The number of nitrogens with one attached hydrogen (secondary N) is 1. The number of aliphatic hydroxyl groups is 1. The van der Waals surface area contributed by atoms with E-state index in [1.54, 1.807) is 11.7 Å². The van der Waals surface area contributed by atoms with Crippen LogP contribution in [0, 0.1) is 5.92 Å². The van der Waals surface area contributed by atoms with E-state index >= 15 is 0 Å². The molecule has 2 rings (SSSR count). The molecule has 0 atom stereocenters. The predicted molar refractivity (Wildman–Crippen MR) is 53.2 cm³/mol. The van der Waals surface area contributed by atoms with Gasteiger partial charge in [0.2, 0.25) is 0 Å². The van der Waals surface area contributed by atoms with Gasteiger partial charge in [-0.25, -0.2) is 0 Å². The van der Waals surface area contributed by atoms with Gasteiger partial charge in [0.1, 0.15) is 4.88 Å². The monoisotopic (exact) mass is 212 g/mol. The van der Waals surface area contributed by atoms with Gasteiger partial charge in [0.15, 0.2) is 0 Å². The first-order valence-corrected chi connectivity index (χ1v) is 5.48. The molecule has 0 aromatic carbocycles. The Balaban J connectivity index is 1.74. The largest absolute Gasteiger partial charge is 0.393 e. The van der Waals surface area contributed by atoms with Crippen LogP contribution in [-0.2, 0) is 0 Å². The zero-order valence-electron chi connectivity index (χ0n) is 7.64. The fraction of sp³-hybridized carbons (Fsp3) is 0.556. The van der Waals surface area contributed by atoms with Crippen molar-refractivity contribution in [2.24, 2.45) is 5.92 Å². The summed E-state index contributed by atoms with van der Waals surface area (Å²) in [5, 5.41) is 11.9. The molecule has 1 heterocycles. The standard InChI is InChI=1S/C9H12N2O2S/c12-7-1-6(2-7)3-11-9(13)8-4-10-5-14-8/h4-7,12H,1-3H2,(H,11,13). The van der Waals surface area contributed by atoms with Gasteiger partial charge in [0.25, 0.3) is 5.91 Å². The maximum atomic E-state index is 11.4. The van der Waals surface area contributed by atoms with Gasteiger partial charge >= 0.3 is 0 Å². The van der Waals surface area contributed by atoms with E-state index in [0.717, 1.165) is 12.8 Å². The molecule has 1 amide bonds. The summed E-state index contributed by atoms with van der Waals surface area (Å²) in [6, 6.07) is 0. The third-order valence-corrected chi connectivity index (χ3v) is 3.19. The minimum atomic E-state index is -0.152. The van der Waals surface area contributed by atoms with E-state index < -0.39 is 0 Å². The maximum Gasteiger partial charge on any atom is 0.263 e. The highest BCUT2D eigenvalue weighted by atomic mass is 32.1. The number of aliphatic hydroxyl groups excluding tert-OH is 1. The molecule has 1 aromatic heterocycles. The molecule has 1 saturated carbocycles. The van der Waals surface area contributed by atoms with E-state index in [1.165, 1.54) is 11.3 Å². The first-order valence-electron chi connectivity index (χ1n) is 4.60. The second-order valence-electron chi connectivity index (χ2n) is 3.57. The van der Waals surface area contributed by atoms with Crippen LogP contribution in [0.15, 0.2) is 11.7 Å². The Morgan fingerprint density at radius 2 is 2.50 bits per heavy atom. The first kappa shape index (κ1) is 9.61. The maximum absolute atomic E-state index is 11.4. The Bertz CT molecular complexity index is 307. The van der Waals surface area contributed by atoms with Gasteiger partial charge in [0.05, 0.1) is 17.8 Å². The second kappa shape index (κ2) is 4.06. The summed E-state index contributed by atoms with van der Waals surface area (Å²) in [6.45, 7) is 0.661. The molecule has 1 fully saturated rings. The lowest BCUT2D eigenvalue weighted by atomic mass is 9.82. The lowest BCUT2D eigenvalue weighted by Gasteiger charge is -2.31. The molecule has 0 spiro atoms. The van der Waals surface area contributed by atoms with E-state index in [1.807, 2.05) is 0 Å². The van der Waals surface area contributed by atoms with Crippen molar-refractivity contribution in [3.05, 3.63) is 16.6 Å². The van der Waals surface area contributed by atoms with Crippen molar-refractivity contribution in [1.29, 1.82) is 0 Å². The van der Waals surface area contributed by atoms with Crippen LogP contribution in [0.5, 0.6) is 0 Å². The summed E-state index contributed by atoms with van der Waals surface area (Å²) in [7, 11) is 0. The Morgan fingerprint density at radius 1 is 1.71 bits per heavy atom. The van der Waals surface area contributed by atoms with Crippen LogP contribution in [0.1, 0.15) is 22.5 Å². The van der Waals surface area contributed by atoms with Gasteiger partial charge in [-0.1, -0.05) is 0 Å². The topological polar surface area (TPSA) is 62.2 Å². The van der Waals surface area contributed by atoms with Crippen LogP contribution in [-0.4, -0.2) is 28.6 Å². The lowest BCUT2D eigenvalue weighted by Crippen LogP contribution is -2.38. The number of thiazole rings is 1. The fourth-order valence-electron chi connectivity index (χ4n) is 1.52. The highest BCUT2D eigenvalue weighted by Gasteiger charge is 2.27. The molecule has 0 bridgehead atoms. The van der Waals surface area contributed by atoms with Crippen molar-refractivity contribution in [2.75, 3.05) is 6.54 Å². The molecule has 0 unspecified atom stereocenters. The molecule has 1 aromatic rings. The molecule has 5 heteroatoms. The van der Waals surface area contributed by atoms with Crippen LogP contribution in [0.25, 0.3) is 0 Å². The van der Waals surface area contributed by atoms with Crippen LogP contribution in [0.3, 0.4) is 0 Å². The summed E-state index contributed by atoms with van der Waals surface area (Å²) in [4.78, 5) is 15.9. The highest BCUT2D eigenvalue weighted by molar-refractivity contribution is 7.11. The first-order chi connectivity index (χ1) is 6.75. The molecule has 2 N–H and O–H groups in total. The molecule has 4 nitrogen and oxygen atoms in total. The van der Waals surface area contributed by atoms with Gasteiger partial charge in [-0.15, -0.1) is 11.3 Å². The number of carbonyl (C=O) groups excluding carboxylic acids is 1. The van der Waals surface area contributed by atoms with Gasteiger partial charge in [0, 0.05) is 6.54 Å². The lowest BCUT2D eigenvalue weighted by molar-refractivity contribution is 0.0420. The number of hydrogen-bond acceptors (Lipinski definition) is 4. The second-order valence-corrected chi connectivity index (χ2v) is 4.45. The molecule has 1 aliphatic carbocycles. The highest BCUT2D eigenvalue weighted by Crippen LogP contribution is 2.26. The number of nitrogens with zero attached hydrogens (tertiary/aromatic N) is 1. The van der Waals surface area contributed by atoms with Gasteiger partial charge < -0.3 is 10.4 Å². The molecular weight excluding hydrogens is 200 g/mol. The molecule has 76 valence electrons. The number of amides is 1. The van der Waals surface area contributed by atoms with E-state index in [9.17, 15) is 4.79 Å². The van der Waals surface area contributed by atoms with Crippen molar-refractivity contribution in [3.63, 3.8) is 0 Å². The Labute approximate surface area is 86.0 Å². The molecular formula is C9H12N2O2S. The Morgan fingerprint density at radius 3 is 3.07 bits per heavy atom. The van der Waals surface area contributed by atoms with E-state index in [-0.39, 0.29) is 12.0 Å². The third-order valence-electron chi connectivity index (χ3n) is 2.42. The summed E-state index contributed by atoms with van der Waals surface area (Å²) < 4.78 is 0. The summed E-state index contributed by atoms with van der Waals surface area (Å²) in [5.41, 5.74) is 1.64. The van der Waals surface area contributed by atoms with Crippen molar-refractivity contribution in [3.8, 4) is 0 Å². The molecule has 1 aliphatic rings. The Kier molecular flexibility index (Phi) is 2.79. The number of aromatic nitrogens is 1. The van der Waals surface area contributed by atoms with Crippen molar-refractivity contribution >= 4 is 17.2 Å². The zero-order chi connectivity index (χ0) is 9.97.